The predicted molar refractivity (Wildman–Crippen MR) is 90.8 cm³/mol. The van der Waals surface area contributed by atoms with Gasteiger partial charge < -0.3 is 5.32 Å². The fourth-order valence-corrected chi connectivity index (χ4v) is 3.37. The molecular formula is C15H13FINO3S. The molecule has 0 fully saturated rings. The van der Waals surface area contributed by atoms with Crippen LogP contribution in [0.5, 0.6) is 0 Å². The van der Waals surface area contributed by atoms with Crippen LogP contribution >= 0.6 is 22.6 Å². The van der Waals surface area contributed by atoms with Gasteiger partial charge in [-0.25, -0.2) is 12.8 Å². The van der Waals surface area contributed by atoms with Crippen molar-refractivity contribution in [2.45, 2.75) is 17.1 Å². The normalized spacial score (nSPS) is 12.7. The van der Waals surface area contributed by atoms with Crippen LogP contribution in [0, 0.1) is 9.39 Å². The molecule has 116 valence electrons. The van der Waals surface area contributed by atoms with E-state index in [2.05, 4.69) is 27.9 Å². The monoisotopic (exact) mass is 433 g/mol. The van der Waals surface area contributed by atoms with Gasteiger partial charge in [0.25, 0.3) is 0 Å². The van der Waals surface area contributed by atoms with Crippen molar-refractivity contribution in [3.05, 3.63) is 57.9 Å². The molecule has 0 saturated carbocycles. The van der Waals surface area contributed by atoms with Gasteiger partial charge in [-0.3, -0.25) is 4.79 Å². The highest BCUT2D eigenvalue weighted by molar-refractivity contribution is 14.1. The van der Waals surface area contributed by atoms with Gasteiger partial charge in [0.1, 0.15) is 11.1 Å². The summed E-state index contributed by atoms with van der Waals surface area (Å²) >= 11 is 2.13. The van der Waals surface area contributed by atoms with Crippen LogP contribution in [-0.2, 0) is 14.6 Å². The average Bonchev–Trinajstić information content (AvgIpc) is 2.49. The number of amides is 1. The molecule has 0 heterocycles. The molecular weight excluding hydrogens is 420 g/mol. The van der Waals surface area contributed by atoms with Crippen LogP contribution in [0.1, 0.15) is 6.92 Å². The van der Waals surface area contributed by atoms with E-state index in [0.29, 0.717) is 5.69 Å². The van der Waals surface area contributed by atoms with Gasteiger partial charge in [0.2, 0.25) is 5.91 Å². The molecule has 0 aliphatic rings. The Morgan fingerprint density at radius 3 is 2.18 bits per heavy atom. The largest absolute Gasteiger partial charge is 0.325 e. The zero-order valence-electron chi connectivity index (χ0n) is 11.6. The Labute approximate surface area is 141 Å². The van der Waals surface area contributed by atoms with Crippen molar-refractivity contribution < 1.29 is 17.6 Å². The topological polar surface area (TPSA) is 63.2 Å². The van der Waals surface area contributed by atoms with Crippen molar-refractivity contribution in [2.75, 3.05) is 5.32 Å². The smallest absolute Gasteiger partial charge is 0.242 e. The second-order valence-electron chi connectivity index (χ2n) is 4.64. The third-order valence-corrected chi connectivity index (χ3v) is 5.88. The van der Waals surface area contributed by atoms with Crippen molar-refractivity contribution in [3.8, 4) is 0 Å². The molecule has 22 heavy (non-hydrogen) atoms. The molecule has 2 aromatic rings. The van der Waals surface area contributed by atoms with Crippen LogP contribution in [0.4, 0.5) is 10.1 Å². The number of carbonyl (C=O) groups excluding carboxylic acids is 1. The molecule has 0 aliphatic heterocycles. The molecule has 0 radical (unpaired) electrons. The lowest BCUT2D eigenvalue weighted by molar-refractivity contribution is -0.115. The summed E-state index contributed by atoms with van der Waals surface area (Å²) in [5.41, 5.74) is 0.520. The van der Waals surface area contributed by atoms with Gasteiger partial charge in [-0.15, -0.1) is 0 Å². The first kappa shape index (κ1) is 16.9. The van der Waals surface area contributed by atoms with Gasteiger partial charge in [0.15, 0.2) is 9.84 Å². The average molecular weight is 433 g/mol. The molecule has 1 atom stereocenters. The Morgan fingerprint density at radius 2 is 1.64 bits per heavy atom. The molecule has 1 N–H and O–H groups in total. The SMILES string of the molecule is CC(C(=O)Nc1ccc(I)cc1)S(=O)(=O)c1ccc(F)cc1. The van der Waals surface area contributed by atoms with Gasteiger partial charge in [-0.05, 0) is 78.0 Å². The maximum atomic E-state index is 12.9. The number of hydrogen-bond donors (Lipinski definition) is 1. The first-order valence-corrected chi connectivity index (χ1v) is 8.99. The summed E-state index contributed by atoms with van der Waals surface area (Å²) in [4.78, 5) is 12.0. The summed E-state index contributed by atoms with van der Waals surface area (Å²) in [5, 5.41) is 1.28. The standard InChI is InChI=1S/C15H13FINO3S/c1-10(15(19)18-13-6-4-12(17)5-7-13)22(20,21)14-8-2-11(16)3-9-14/h2-10H,1H3,(H,18,19). The molecule has 1 unspecified atom stereocenters. The highest BCUT2D eigenvalue weighted by Crippen LogP contribution is 2.18. The van der Waals surface area contributed by atoms with E-state index in [1.165, 1.54) is 6.92 Å². The molecule has 0 aliphatic carbocycles. The molecule has 0 aromatic heterocycles. The lowest BCUT2D eigenvalue weighted by Gasteiger charge is -2.13. The second kappa shape index (κ2) is 6.74. The van der Waals surface area contributed by atoms with Crippen LogP contribution in [0.15, 0.2) is 53.4 Å². The fourth-order valence-electron chi connectivity index (χ4n) is 1.75. The first-order chi connectivity index (χ1) is 10.3. The number of carbonyl (C=O) groups is 1. The Hall–Kier alpha value is -1.48. The van der Waals surface area contributed by atoms with Crippen LogP contribution in [0.2, 0.25) is 0 Å². The van der Waals surface area contributed by atoms with E-state index in [0.717, 1.165) is 27.8 Å². The van der Waals surface area contributed by atoms with Crippen molar-refractivity contribution in [1.29, 1.82) is 0 Å². The summed E-state index contributed by atoms with van der Waals surface area (Å²) in [6.07, 6.45) is 0. The van der Waals surface area contributed by atoms with E-state index >= 15 is 0 Å². The quantitative estimate of drug-likeness (QED) is 0.595. The lowest BCUT2D eigenvalue weighted by atomic mass is 10.3. The van der Waals surface area contributed by atoms with Crippen molar-refractivity contribution >= 4 is 44.0 Å². The molecule has 2 aromatic carbocycles. The molecule has 0 spiro atoms. The maximum Gasteiger partial charge on any atom is 0.242 e. The first-order valence-electron chi connectivity index (χ1n) is 6.36. The number of anilines is 1. The molecule has 0 bridgehead atoms. The molecule has 1 amide bonds. The number of halogens is 2. The van der Waals surface area contributed by atoms with E-state index < -0.39 is 26.8 Å². The fraction of sp³-hybridized carbons (Fsp3) is 0.133. The molecule has 4 nitrogen and oxygen atoms in total. The van der Waals surface area contributed by atoms with Crippen molar-refractivity contribution in [2.24, 2.45) is 0 Å². The summed E-state index contributed by atoms with van der Waals surface area (Å²) in [5.74, 6) is -1.17. The van der Waals surface area contributed by atoms with Crippen LogP contribution in [0.3, 0.4) is 0 Å². The Balaban J connectivity index is 2.18. The Bertz CT molecular complexity index is 773. The van der Waals surface area contributed by atoms with Gasteiger partial charge in [-0.2, -0.15) is 0 Å². The zero-order chi connectivity index (χ0) is 16.3. The van der Waals surface area contributed by atoms with Crippen LogP contribution in [0.25, 0.3) is 0 Å². The number of rotatable bonds is 4. The van der Waals surface area contributed by atoms with Gasteiger partial charge in [-0.1, -0.05) is 0 Å². The maximum absolute atomic E-state index is 12.9. The summed E-state index contributed by atoms with van der Waals surface area (Å²) in [7, 11) is -3.86. The third kappa shape index (κ3) is 3.83. The molecule has 0 saturated heterocycles. The minimum atomic E-state index is -3.86. The second-order valence-corrected chi connectivity index (χ2v) is 8.15. The molecule has 2 rings (SSSR count). The van der Waals surface area contributed by atoms with Gasteiger partial charge in [0.05, 0.1) is 4.90 Å². The summed E-state index contributed by atoms with van der Waals surface area (Å²) in [6.45, 7) is 1.31. The number of benzene rings is 2. The van der Waals surface area contributed by atoms with Crippen molar-refractivity contribution in [3.63, 3.8) is 0 Å². The van der Waals surface area contributed by atoms with E-state index in [-0.39, 0.29) is 4.90 Å². The lowest BCUT2D eigenvalue weighted by Crippen LogP contribution is -2.32. The van der Waals surface area contributed by atoms with E-state index in [4.69, 9.17) is 0 Å². The zero-order valence-corrected chi connectivity index (χ0v) is 14.6. The van der Waals surface area contributed by atoms with Gasteiger partial charge in [0, 0.05) is 9.26 Å². The van der Waals surface area contributed by atoms with E-state index in [9.17, 15) is 17.6 Å². The number of hydrogen-bond acceptors (Lipinski definition) is 3. The van der Waals surface area contributed by atoms with Gasteiger partial charge >= 0.3 is 0 Å². The highest BCUT2D eigenvalue weighted by Gasteiger charge is 2.29. The highest BCUT2D eigenvalue weighted by atomic mass is 127. The minimum Gasteiger partial charge on any atom is -0.325 e. The van der Waals surface area contributed by atoms with Crippen LogP contribution in [-0.4, -0.2) is 19.6 Å². The Morgan fingerprint density at radius 1 is 1.09 bits per heavy atom. The number of nitrogens with one attached hydrogen (secondary N) is 1. The minimum absolute atomic E-state index is 0.0841. The van der Waals surface area contributed by atoms with Crippen molar-refractivity contribution in [1.82, 2.24) is 0 Å². The van der Waals surface area contributed by atoms with Crippen LogP contribution < -0.4 is 5.32 Å². The van der Waals surface area contributed by atoms with E-state index in [1.807, 2.05) is 0 Å². The number of sulfone groups is 1. The summed E-state index contributed by atoms with van der Waals surface area (Å²) < 4.78 is 38.6. The predicted octanol–water partition coefficient (Wildman–Crippen LogP) is 3.23. The van der Waals surface area contributed by atoms with E-state index in [1.54, 1.807) is 24.3 Å². The molecule has 7 heteroatoms. The summed E-state index contributed by atoms with van der Waals surface area (Å²) in [6, 6.07) is 11.4. The Kier molecular flexibility index (Phi) is 5.17. The third-order valence-electron chi connectivity index (χ3n) is 3.09.